The predicted octanol–water partition coefficient (Wildman–Crippen LogP) is 3.21. The van der Waals surface area contributed by atoms with Gasteiger partial charge in [-0.25, -0.2) is 4.39 Å². The quantitative estimate of drug-likeness (QED) is 0.630. The van der Waals surface area contributed by atoms with E-state index in [-0.39, 0.29) is 12.4 Å². The van der Waals surface area contributed by atoms with Crippen molar-refractivity contribution in [1.82, 2.24) is 14.8 Å². The molecular weight excluding hydrogens is 289 g/mol. The Hall–Kier alpha value is -1.40. The maximum atomic E-state index is 14.0. The minimum Gasteiger partial charge on any atom is -0.396 e. The molecule has 0 atom stereocenters. The van der Waals surface area contributed by atoms with E-state index in [1.165, 1.54) is 6.07 Å². The minimum atomic E-state index is -0.290. The SMILES string of the molecule is CC(C)Cn1c(SCCCO)nnc1-c1ccccc1F. The molecule has 0 fully saturated rings. The van der Waals surface area contributed by atoms with Crippen LogP contribution in [0.3, 0.4) is 0 Å². The topological polar surface area (TPSA) is 50.9 Å². The molecule has 0 aliphatic heterocycles. The summed E-state index contributed by atoms with van der Waals surface area (Å²) in [5, 5.41) is 18.0. The molecule has 114 valence electrons. The molecule has 0 aliphatic carbocycles. The molecule has 2 aromatic rings. The highest BCUT2D eigenvalue weighted by atomic mass is 32.2. The van der Waals surface area contributed by atoms with Crippen LogP contribution in [-0.2, 0) is 6.54 Å². The van der Waals surface area contributed by atoms with E-state index < -0.39 is 0 Å². The molecule has 2 rings (SSSR count). The lowest BCUT2D eigenvalue weighted by Crippen LogP contribution is -2.08. The van der Waals surface area contributed by atoms with Gasteiger partial charge in [-0.2, -0.15) is 0 Å². The molecule has 0 unspecified atom stereocenters. The van der Waals surface area contributed by atoms with Gasteiger partial charge in [-0.3, -0.25) is 0 Å². The second-order valence-corrected chi connectivity index (χ2v) is 6.28. The highest BCUT2D eigenvalue weighted by molar-refractivity contribution is 7.99. The van der Waals surface area contributed by atoms with Gasteiger partial charge in [-0.05, 0) is 24.5 Å². The summed E-state index contributed by atoms with van der Waals surface area (Å²) in [7, 11) is 0. The Morgan fingerprint density at radius 3 is 2.71 bits per heavy atom. The number of benzene rings is 1. The first-order valence-corrected chi connectivity index (χ1v) is 8.03. The number of hydrogen-bond donors (Lipinski definition) is 1. The zero-order valence-electron chi connectivity index (χ0n) is 12.3. The van der Waals surface area contributed by atoms with Crippen LogP contribution in [0.15, 0.2) is 29.4 Å². The molecular formula is C15H20FN3OS. The zero-order chi connectivity index (χ0) is 15.2. The monoisotopic (exact) mass is 309 g/mol. The summed E-state index contributed by atoms with van der Waals surface area (Å²) >= 11 is 1.54. The van der Waals surface area contributed by atoms with Crippen molar-refractivity contribution >= 4 is 11.8 Å². The third-order valence-corrected chi connectivity index (χ3v) is 3.97. The predicted molar refractivity (Wildman–Crippen MR) is 82.7 cm³/mol. The lowest BCUT2D eigenvalue weighted by molar-refractivity contribution is 0.296. The maximum Gasteiger partial charge on any atom is 0.191 e. The van der Waals surface area contributed by atoms with Crippen LogP contribution in [0.4, 0.5) is 4.39 Å². The Bertz CT molecular complexity index is 586. The zero-order valence-corrected chi connectivity index (χ0v) is 13.1. The summed E-state index contributed by atoms with van der Waals surface area (Å²) in [6.45, 7) is 5.10. The molecule has 1 aromatic carbocycles. The molecule has 1 heterocycles. The first-order chi connectivity index (χ1) is 10.1. The van der Waals surface area contributed by atoms with Crippen molar-refractivity contribution in [1.29, 1.82) is 0 Å². The van der Waals surface area contributed by atoms with Gasteiger partial charge in [0.1, 0.15) is 5.82 Å². The second-order valence-electron chi connectivity index (χ2n) is 5.22. The highest BCUT2D eigenvalue weighted by Gasteiger charge is 2.17. The van der Waals surface area contributed by atoms with Gasteiger partial charge in [0.2, 0.25) is 0 Å². The van der Waals surface area contributed by atoms with E-state index in [0.717, 1.165) is 17.5 Å². The standard InChI is InChI=1S/C15H20FN3OS/c1-11(2)10-19-14(12-6-3-4-7-13(12)16)17-18-15(19)21-9-5-8-20/h3-4,6-7,11,20H,5,8-10H2,1-2H3. The number of nitrogens with zero attached hydrogens (tertiary/aromatic N) is 3. The Morgan fingerprint density at radius 1 is 1.29 bits per heavy atom. The molecule has 0 spiro atoms. The van der Waals surface area contributed by atoms with E-state index in [1.807, 2.05) is 4.57 Å². The minimum absolute atomic E-state index is 0.158. The van der Waals surface area contributed by atoms with Crippen LogP contribution in [0, 0.1) is 11.7 Å². The molecule has 0 saturated carbocycles. The van der Waals surface area contributed by atoms with E-state index in [9.17, 15) is 4.39 Å². The van der Waals surface area contributed by atoms with E-state index in [1.54, 1.807) is 30.0 Å². The van der Waals surface area contributed by atoms with Crippen molar-refractivity contribution in [2.24, 2.45) is 5.92 Å². The molecule has 4 nitrogen and oxygen atoms in total. The molecule has 6 heteroatoms. The van der Waals surface area contributed by atoms with Gasteiger partial charge < -0.3 is 9.67 Å². The van der Waals surface area contributed by atoms with Crippen LogP contribution >= 0.6 is 11.8 Å². The van der Waals surface area contributed by atoms with Crippen molar-refractivity contribution < 1.29 is 9.50 Å². The Labute approximate surface area is 128 Å². The van der Waals surface area contributed by atoms with E-state index >= 15 is 0 Å². The fourth-order valence-electron chi connectivity index (χ4n) is 2.00. The fraction of sp³-hybridized carbons (Fsp3) is 0.467. The average molecular weight is 309 g/mol. The fourth-order valence-corrected chi connectivity index (χ4v) is 2.87. The van der Waals surface area contributed by atoms with Crippen LogP contribution in [0.25, 0.3) is 11.4 Å². The van der Waals surface area contributed by atoms with Gasteiger partial charge >= 0.3 is 0 Å². The highest BCUT2D eigenvalue weighted by Crippen LogP contribution is 2.27. The molecule has 0 bridgehead atoms. The first kappa shape index (κ1) is 16.0. The second kappa shape index (κ2) is 7.56. The van der Waals surface area contributed by atoms with Crippen LogP contribution in [0.5, 0.6) is 0 Å². The molecule has 0 aliphatic rings. The summed E-state index contributed by atoms with van der Waals surface area (Å²) in [6.07, 6.45) is 0.703. The van der Waals surface area contributed by atoms with Gasteiger partial charge in [-0.1, -0.05) is 37.7 Å². The van der Waals surface area contributed by atoms with Crippen molar-refractivity contribution in [3.63, 3.8) is 0 Å². The molecule has 1 N–H and O–H groups in total. The number of aromatic nitrogens is 3. The normalized spacial score (nSPS) is 11.3. The number of hydrogen-bond acceptors (Lipinski definition) is 4. The van der Waals surface area contributed by atoms with Crippen LogP contribution in [0.2, 0.25) is 0 Å². The lowest BCUT2D eigenvalue weighted by Gasteiger charge is -2.12. The molecule has 21 heavy (non-hydrogen) atoms. The van der Waals surface area contributed by atoms with E-state index in [4.69, 9.17) is 5.11 Å². The van der Waals surface area contributed by atoms with Crippen LogP contribution in [-0.4, -0.2) is 32.2 Å². The molecule has 0 radical (unpaired) electrons. The first-order valence-electron chi connectivity index (χ1n) is 7.05. The molecule has 1 aromatic heterocycles. The Morgan fingerprint density at radius 2 is 2.05 bits per heavy atom. The van der Waals surface area contributed by atoms with E-state index in [2.05, 4.69) is 24.0 Å². The lowest BCUT2D eigenvalue weighted by atomic mass is 10.2. The largest absolute Gasteiger partial charge is 0.396 e. The van der Waals surface area contributed by atoms with Crippen molar-refractivity contribution in [2.45, 2.75) is 32.0 Å². The van der Waals surface area contributed by atoms with Gasteiger partial charge in [0.15, 0.2) is 11.0 Å². The van der Waals surface area contributed by atoms with Crippen LogP contribution in [0.1, 0.15) is 20.3 Å². The summed E-state index contributed by atoms with van der Waals surface area (Å²) in [5.41, 5.74) is 0.472. The summed E-state index contributed by atoms with van der Waals surface area (Å²) in [6, 6.07) is 6.62. The van der Waals surface area contributed by atoms with Gasteiger partial charge in [0.25, 0.3) is 0 Å². The number of rotatable bonds is 7. The van der Waals surface area contributed by atoms with Crippen molar-refractivity contribution in [2.75, 3.05) is 12.4 Å². The van der Waals surface area contributed by atoms with Crippen molar-refractivity contribution in [3.05, 3.63) is 30.1 Å². The average Bonchev–Trinajstić information content (AvgIpc) is 2.82. The third kappa shape index (κ3) is 4.04. The smallest absolute Gasteiger partial charge is 0.191 e. The molecule has 0 amide bonds. The summed E-state index contributed by atoms with van der Waals surface area (Å²) in [4.78, 5) is 0. The Kier molecular flexibility index (Phi) is 5.76. The summed E-state index contributed by atoms with van der Waals surface area (Å²) < 4.78 is 16.0. The third-order valence-electron chi connectivity index (χ3n) is 2.91. The Balaban J connectivity index is 2.34. The number of aliphatic hydroxyl groups excluding tert-OH is 1. The van der Waals surface area contributed by atoms with Gasteiger partial charge in [0.05, 0.1) is 5.56 Å². The number of halogens is 1. The van der Waals surface area contributed by atoms with Crippen LogP contribution < -0.4 is 0 Å². The molecule has 0 saturated heterocycles. The maximum absolute atomic E-state index is 14.0. The van der Waals surface area contributed by atoms with E-state index in [0.29, 0.717) is 23.7 Å². The summed E-state index contributed by atoms with van der Waals surface area (Å²) in [5.74, 6) is 1.45. The van der Waals surface area contributed by atoms with Gasteiger partial charge in [0, 0.05) is 18.9 Å². The number of thioether (sulfide) groups is 1. The van der Waals surface area contributed by atoms with Crippen molar-refractivity contribution in [3.8, 4) is 11.4 Å². The van der Waals surface area contributed by atoms with Gasteiger partial charge in [-0.15, -0.1) is 10.2 Å². The number of aliphatic hydroxyl groups is 1.